The van der Waals surface area contributed by atoms with Crippen molar-refractivity contribution in [3.05, 3.63) is 18.1 Å². The van der Waals surface area contributed by atoms with Gasteiger partial charge in [-0.3, -0.25) is 9.59 Å². The first kappa shape index (κ1) is 23.3. The molecule has 0 bridgehead atoms. The summed E-state index contributed by atoms with van der Waals surface area (Å²) in [6, 6.07) is 0. The summed E-state index contributed by atoms with van der Waals surface area (Å²) >= 11 is 0. The second-order valence-electron chi connectivity index (χ2n) is 9.47. The Morgan fingerprint density at radius 1 is 1.39 bits per heavy atom. The highest BCUT2D eigenvalue weighted by Gasteiger charge is 2.36. The van der Waals surface area contributed by atoms with Gasteiger partial charge in [-0.15, -0.1) is 0 Å². The normalized spacial score (nSPS) is 22.6. The van der Waals surface area contributed by atoms with Crippen molar-refractivity contribution in [2.45, 2.75) is 65.9 Å². The van der Waals surface area contributed by atoms with Crippen LogP contribution in [0.25, 0.3) is 11.0 Å². The molecule has 9 heteroatoms. The van der Waals surface area contributed by atoms with Gasteiger partial charge < -0.3 is 24.5 Å². The first-order chi connectivity index (χ1) is 14.5. The predicted molar refractivity (Wildman–Crippen MR) is 116 cm³/mol. The van der Waals surface area contributed by atoms with Gasteiger partial charge in [0.25, 0.3) is 0 Å². The highest BCUT2D eigenvalue weighted by atomic mass is 16.6. The molecule has 9 nitrogen and oxygen atoms in total. The lowest BCUT2D eigenvalue weighted by Gasteiger charge is -2.22. The van der Waals surface area contributed by atoms with Gasteiger partial charge in [-0.05, 0) is 18.8 Å². The molecule has 0 aromatic carbocycles. The zero-order valence-corrected chi connectivity index (χ0v) is 19.0. The number of hydrogen-bond donors (Lipinski definition) is 2. The SMILES string of the molecule is COC[C@H]1O[C@@H](n2cc(C(C)=O)c3c(NC(=O)C(C)CC(C)(C)C)ncnc32)CC1O. The van der Waals surface area contributed by atoms with E-state index in [1.54, 1.807) is 17.9 Å². The maximum absolute atomic E-state index is 12.8. The van der Waals surface area contributed by atoms with Gasteiger partial charge in [-0.1, -0.05) is 27.7 Å². The van der Waals surface area contributed by atoms with Crippen molar-refractivity contribution >= 4 is 28.5 Å². The van der Waals surface area contributed by atoms with Crippen LogP contribution in [0.15, 0.2) is 12.5 Å². The number of methoxy groups -OCH3 is 1. The van der Waals surface area contributed by atoms with Crippen LogP contribution in [0.3, 0.4) is 0 Å². The standard InChI is InChI=1S/C22H32N4O5/c1-12(8-22(3,4)5)21(29)25-19-18-14(13(2)27)9-26(20(18)24-11-23-19)17-7-15(28)16(31-17)10-30-6/h9,11-12,15-17,28H,7-8,10H2,1-6H3,(H,23,24,25,29)/t12?,15?,16-,17-/m1/s1. The molecule has 1 fully saturated rings. The number of fused-ring (bicyclic) bond motifs is 1. The fraction of sp³-hybridized carbons (Fsp3) is 0.636. The summed E-state index contributed by atoms with van der Waals surface area (Å²) in [7, 11) is 1.55. The minimum atomic E-state index is -0.692. The fourth-order valence-electron chi connectivity index (χ4n) is 4.12. The molecule has 0 spiro atoms. The first-order valence-corrected chi connectivity index (χ1v) is 10.5. The third-order valence-corrected chi connectivity index (χ3v) is 5.44. The van der Waals surface area contributed by atoms with Crippen molar-refractivity contribution in [3.63, 3.8) is 0 Å². The molecule has 4 atom stereocenters. The van der Waals surface area contributed by atoms with E-state index in [-0.39, 0.29) is 29.6 Å². The van der Waals surface area contributed by atoms with Crippen LogP contribution in [-0.2, 0) is 14.3 Å². The van der Waals surface area contributed by atoms with Gasteiger partial charge in [0.05, 0.1) is 18.1 Å². The van der Waals surface area contributed by atoms with E-state index in [0.717, 1.165) is 0 Å². The molecule has 31 heavy (non-hydrogen) atoms. The van der Waals surface area contributed by atoms with Crippen LogP contribution in [-0.4, -0.2) is 57.3 Å². The maximum atomic E-state index is 12.8. The average molecular weight is 433 g/mol. The number of nitrogens with zero attached hydrogens (tertiary/aromatic N) is 3. The number of hydrogen-bond acceptors (Lipinski definition) is 7. The summed E-state index contributed by atoms with van der Waals surface area (Å²) in [6.07, 6.45) is 2.39. The number of Topliss-reactive ketones (excluding diaryl/α,β-unsaturated/α-hetero) is 1. The molecular formula is C22H32N4O5. The molecule has 3 rings (SSSR count). The van der Waals surface area contributed by atoms with E-state index < -0.39 is 18.4 Å². The summed E-state index contributed by atoms with van der Waals surface area (Å²) < 4.78 is 12.8. The molecule has 2 N–H and O–H groups in total. The Labute approximate surface area is 182 Å². The van der Waals surface area contributed by atoms with Crippen LogP contribution < -0.4 is 5.32 Å². The van der Waals surface area contributed by atoms with Gasteiger partial charge >= 0.3 is 0 Å². The molecule has 1 aliphatic rings. The number of anilines is 1. The Morgan fingerprint density at radius 3 is 2.71 bits per heavy atom. The lowest BCUT2D eigenvalue weighted by Crippen LogP contribution is -2.25. The molecule has 170 valence electrons. The zero-order chi connectivity index (χ0) is 22.9. The van der Waals surface area contributed by atoms with E-state index >= 15 is 0 Å². The van der Waals surface area contributed by atoms with Crippen molar-refractivity contribution in [2.75, 3.05) is 19.0 Å². The Hall–Kier alpha value is -2.36. The molecular weight excluding hydrogens is 400 g/mol. The second-order valence-corrected chi connectivity index (χ2v) is 9.47. The van der Waals surface area contributed by atoms with E-state index in [1.807, 2.05) is 6.92 Å². The van der Waals surface area contributed by atoms with Crippen LogP contribution in [0.1, 0.15) is 64.0 Å². The number of amides is 1. The molecule has 0 saturated carbocycles. The Morgan fingerprint density at radius 2 is 2.10 bits per heavy atom. The molecule has 2 unspecified atom stereocenters. The van der Waals surface area contributed by atoms with Crippen molar-refractivity contribution < 1.29 is 24.2 Å². The molecule has 3 heterocycles. The number of nitrogens with one attached hydrogen (secondary N) is 1. The van der Waals surface area contributed by atoms with Crippen molar-refractivity contribution in [1.82, 2.24) is 14.5 Å². The molecule has 0 radical (unpaired) electrons. The van der Waals surface area contributed by atoms with Crippen LogP contribution in [0, 0.1) is 11.3 Å². The smallest absolute Gasteiger partial charge is 0.228 e. The molecule has 1 saturated heterocycles. The average Bonchev–Trinajstić information content (AvgIpc) is 3.22. The Balaban J connectivity index is 1.97. The zero-order valence-electron chi connectivity index (χ0n) is 19.0. The van der Waals surface area contributed by atoms with Crippen LogP contribution >= 0.6 is 0 Å². The highest BCUT2D eigenvalue weighted by Crippen LogP contribution is 2.35. The Bertz CT molecular complexity index is 965. The predicted octanol–water partition coefficient (Wildman–Crippen LogP) is 2.94. The van der Waals surface area contributed by atoms with Crippen LogP contribution in [0.5, 0.6) is 0 Å². The fourth-order valence-corrected chi connectivity index (χ4v) is 4.12. The number of carbonyl (C=O) groups excluding carboxylic acids is 2. The molecule has 0 aliphatic carbocycles. The third-order valence-electron chi connectivity index (χ3n) is 5.44. The summed E-state index contributed by atoms with van der Waals surface area (Å²) in [4.78, 5) is 33.8. The van der Waals surface area contributed by atoms with Gasteiger partial charge in [0, 0.05) is 31.2 Å². The molecule has 2 aromatic rings. The summed E-state index contributed by atoms with van der Waals surface area (Å²) in [5.41, 5.74) is 0.863. The lowest BCUT2D eigenvalue weighted by molar-refractivity contribution is -0.120. The molecule has 1 aliphatic heterocycles. The van der Waals surface area contributed by atoms with Gasteiger partial charge in [-0.2, -0.15) is 0 Å². The van der Waals surface area contributed by atoms with Crippen molar-refractivity contribution in [2.24, 2.45) is 11.3 Å². The second kappa shape index (κ2) is 9.02. The van der Waals surface area contributed by atoms with Crippen LogP contribution in [0.4, 0.5) is 5.82 Å². The van der Waals surface area contributed by atoms with Gasteiger partial charge in [-0.25, -0.2) is 9.97 Å². The Kier molecular flexibility index (Phi) is 6.78. The monoisotopic (exact) mass is 432 g/mol. The number of ketones is 1. The van der Waals surface area contributed by atoms with Crippen molar-refractivity contribution in [3.8, 4) is 0 Å². The summed E-state index contributed by atoms with van der Waals surface area (Å²) in [5, 5.41) is 13.6. The molecule has 1 amide bonds. The van der Waals surface area contributed by atoms with Gasteiger partial charge in [0.1, 0.15) is 30.1 Å². The van der Waals surface area contributed by atoms with Crippen molar-refractivity contribution in [1.29, 1.82) is 0 Å². The van der Waals surface area contributed by atoms with Gasteiger partial charge in [0.15, 0.2) is 5.78 Å². The minimum Gasteiger partial charge on any atom is -0.390 e. The summed E-state index contributed by atoms with van der Waals surface area (Å²) in [5.74, 6) is -0.267. The summed E-state index contributed by atoms with van der Waals surface area (Å²) in [6.45, 7) is 9.84. The maximum Gasteiger partial charge on any atom is 0.228 e. The number of aliphatic hydroxyl groups excluding tert-OH is 1. The largest absolute Gasteiger partial charge is 0.390 e. The third kappa shape index (κ3) is 5.11. The van der Waals surface area contributed by atoms with Gasteiger partial charge in [0.2, 0.25) is 5.91 Å². The highest BCUT2D eigenvalue weighted by molar-refractivity contribution is 6.12. The van der Waals surface area contributed by atoms with E-state index in [4.69, 9.17) is 9.47 Å². The van der Waals surface area contributed by atoms with E-state index in [9.17, 15) is 14.7 Å². The number of aromatic nitrogens is 3. The number of rotatable bonds is 7. The van der Waals surface area contributed by atoms with E-state index in [2.05, 4.69) is 36.1 Å². The first-order valence-electron chi connectivity index (χ1n) is 10.5. The van der Waals surface area contributed by atoms with E-state index in [1.165, 1.54) is 13.3 Å². The lowest BCUT2D eigenvalue weighted by atomic mass is 9.85. The number of ether oxygens (including phenoxy) is 2. The minimum absolute atomic E-state index is 0.00497. The quantitative estimate of drug-likeness (QED) is 0.646. The molecule has 2 aromatic heterocycles. The van der Waals surface area contributed by atoms with Crippen LogP contribution in [0.2, 0.25) is 0 Å². The number of aliphatic hydroxyl groups is 1. The number of carbonyl (C=O) groups is 2. The van der Waals surface area contributed by atoms with E-state index in [0.29, 0.717) is 35.3 Å². The topological polar surface area (TPSA) is 116 Å².